The Morgan fingerprint density at radius 1 is 1.29 bits per heavy atom. The molecule has 1 aliphatic rings. The number of thioether (sulfide) groups is 1. The van der Waals surface area contributed by atoms with Gasteiger partial charge in [-0.25, -0.2) is 0 Å². The van der Waals surface area contributed by atoms with E-state index in [1.165, 1.54) is 0 Å². The summed E-state index contributed by atoms with van der Waals surface area (Å²) in [6.45, 7) is 5.50. The van der Waals surface area contributed by atoms with Crippen LogP contribution in [0.3, 0.4) is 0 Å². The molecule has 1 heterocycles. The first-order valence-corrected chi connectivity index (χ1v) is 8.45. The van der Waals surface area contributed by atoms with Gasteiger partial charge in [0.1, 0.15) is 6.04 Å². The fraction of sp³-hybridized carbons (Fsp3) is 0.786. The highest BCUT2D eigenvalue weighted by molar-refractivity contribution is 7.99. The van der Waals surface area contributed by atoms with Crippen LogP contribution in [0, 0.1) is 0 Å². The molecular weight excluding hydrogens is 292 g/mol. The molecule has 2 N–H and O–H groups in total. The summed E-state index contributed by atoms with van der Waals surface area (Å²) in [6.07, 6.45) is 1.35. The van der Waals surface area contributed by atoms with Crippen molar-refractivity contribution in [1.82, 2.24) is 10.2 Å². The summed E-state index contributed by atoms with van der Waals surface area (Å²) in [6, 6.07) is -0.492. The van der Waals surface area contributed by atoms with E-state index in [1.807, 2.05) is 13.8 Å². The smallest absolute Gasteiger partial charge is 0.305 e. The molecule has 1 saturated heterocycles. The van der Waals surface area contributed by atoms with E-state index < -0.39 is 17.6 Å². The summed E-state index contributed by atoms with van der Waals surface area (Å²) in [4.78, 5) is 36.9. The van der Waals surface area contributed by atoms with Crippen molar-refractivity contribution in [3.05, 3.63) is 0 Å². The zero-order valence-electron chi connectivity index (χ0n) is 12.8. The maximum Gasteiger partial charge on any atom is 0.305 e. The van der Waals surface area contributed by atoms with E-state index in [0.29, 0.717) is 30.9 Å². The van der Waals surface area contributed by atoms with E-state index in [9.17, 15) is 14.4 Å². The third kappa shape index (κ3) is 4.36. The number of hydrogen-bond donors (Lipinski definition) is 2. The van der Waals surface area contributed by atoms with E-state index in [2.05, 4.69) is 5.32 Å². The fourth-order valence-corrected chi connectivity index (χ4v) is 3.64. The van der Waals surface area contributed by atoms with Gasteiger partial charge < -0.3 is 15.3 Å². The van der Waals surface area contributed by atoms with Gasteiger partial charge in [0.15, 0.2) is 0 Å². The molecule has 1 rings (SSSR count). The van der Waals surface area contributed by atoms with Crippen LogP contribution in [0.5, 0.6) is 0 Å². The molecule has 7 heteroatoms. The Kier molecular flexibility index (Phi) is 6.51. The zero-order valence-corrected chi connectivity index (χ0v) is 13.7. The average molecular weight is 316 g/mol. The molecule has 0 aliphatic carbocycles. The summed E-state index contributed by atoms with van der Waals surface area (Å²) in [7, 11) is 0. The van der Waals surface area contributed by atoms with Gasteiger partial charge >= 0.3 is 5.97 Å². The number of carboxylic acids is 1. The van der Waals surface area contributed by atoms with Crippen LogP contribution < -0.4 is 5.32 Å². The summed E-state index contributed by atoms with van der Waals surface area (Å²) >= 11 is 1.55. The third-order valence-corrected chi connectivity index (χ3v) is 5.05. The number of nitrogens with zero attached hydrogens (tertiary/aromatic N) is 1. The Morgan fingerprint density at radius 2 is 1.90 bits per heavy atom. The lowest BCUT2D eigenvalue weighted by atomic mass is 9.88. The van der Waals surface area contributed by atoms with Crippen LogP contribution in [-0.4, -0.2) is 51.0 Å². The van der Waals surface area contributed by atoms with E-state index in [4.69, 9.17) is 5.11 Å². The van der Waals surface area contributed by atoms with Gasteiger partial charge in [-0.15, -0.1) is 11.8 Å². The standard InChI is InChI=1S/C14H24N2O4S/c1-4-11(17)16-9-21-8-10(16)13(20)15-14(5-2,6-3)7-12(18)19/h10H,4-9H2,1-3H3,(H,15,20)(H,18,19). The fourth-order valence-electron chi connectivity index (χ4n) is 2.46. The lowest BCUT2D eigenvalue weighted by molar-refractivity contribution is -0.141. The minimum absolute atomic E-state index is 0.0445. The van der Waals surface area contributed by atoms with Crippen molar-refractivity contribution in [1.29, 1.82) is 0 Å². The number of carbonyl (C=O) groups is 3. The second-order valence-electron chi connectivity index (χ2n) is 5.28. The molecule has 0 spiro atoms. The molecule has 0 radical (unpaired) electrons. The van der Waals surface area contributed by atoms with Crippen molar-refractivity contribution in [3.63, 3.8) is 0 Å². The number of hydrogen-bond acceptors (Lipinski definition) is 4. The van der Waals surface area contributed by atoms with E-state index in [0.717, 1.165) is 0 Å². The Morgan fingerprint density at radius 3 is 2.38 bits per heavy atom. The van der Waals surface area contributed by atoms with Crippen molar-refractivity contribution in [3.8, 4) is 0 Å². The van der Waals surface area contributed by atoms with Crippen molar-refractivity contribution >= 4 is 29.5 Å². The minimum atomic E-state index is -0.929. The SMILES string of the molecule is CCC(=O)N1CSCC1C(=O)NC(CC)(CC)CC(=O)O. The molecule has 1 atom stereocenters. The Labute approximate surface area is 129 Å². The summed E-state index contributed by atoms with van der Waals surface area (Å²) in [5, 5.41) is 11.9. The first-order valence-electron chi connectivity index (χ1n) is 7.30. The normalized spacial score (nSPS) is 18.6. The first kappa shape index (κ1) is 17.8. The highest BCUT2D eigenvalue weighted by Gasteiger charge is 2.38. The molecule has 6 nitrogen and oxygen atoms in total. The predicted octanol–water partition coefficient (Wildman–Crippen LogP) is 1.45. The molecule has 0 aromatic heterocycles. The van der Waals surface area contributed by atoms with Gasteiger partial charge in [-0.05, 0) is 12.8 Å². The van der Waals surface area contributed by atoms with Crippen LogP contribution in [0.15, 0.2) is 0 Å². The van der Waals surface area contributed by atoms with Gasteiger partial charge in [-0.3, -0.25) is 14.4 Å². The van der Waals surface area contributed by atoms with Crippen LogP contribution in [0.1, 0.15) is 46.5 Å². The summed E-state index contributed by atoms with van der Waals surface area (Å²) < 4.78 is 0. The Hall–Kier alpha value is -1.24. The van der Waals surface area contributed by atoms with Crippen molar-refractivity contribution in [2.45, 2.75) is 58.0 Å². The molecule has 0 saturated carbocycles. The minimum Gasteiger partial charge on any atom is -0.481 e. The predicted molar refractivity (Wildman–Crippen MR) is 82.0 cm³/mol. The lowest BCUT2D eigenvalue weighted by Gasteiger charge is -2.34. The highest BCUT2D eigenvalue weighted by atomic mass is 32.2. The topological polar surface area (TPSA) is 86.7 Å². The molecule has 2 amide bonds. The van der Waals surface area contributed by atoms with Gasteiger partial charge in [0.05, 0.1) is 17.8 Å². The number of rotatable bonds is 7. The van der Waals surface area contributed by atoms with E-state index in [1.54, 1.807) is 23.6 Å². The first-order chi connectivity index (χ1) is 9.89. The maximum absolute atomic E-state index is 12.5. The van der Waals surface area contributed by atoms with Crippen LogP contribution in [0.4, 0.5) is 0 Å². The molecule has 1 fully saturated rings. The third-order valence-electron chi connectivity index (χ3n) is 4.04. The Bertz CT molecular complexity index is 410. The zero-order chi connectivity index (χ0) is 16.0. The van der Waals surface area contributed by atoms with Gasteiger partial charge in [0, 0.05) is 12.2 Å². The molecule has 1 aliphatic heterocycles. The number of amides is 2. The molecule has 21 heavy (non-hydrogen) atoms. The molecule has 0 aromatic rings. The number of carboxylic acid groups (broad SMARTS) is 1. The quantitative estimate of drug-likeness (QED) is 0.742. The summed E-state index contributed by atoms with van der Waals surface area (Å²) in [5.74, 6) is -0.131. The Balaban J connectivity index is 2.81. The van der Waals surface area contributed by atoms with Crippen molar-refractivity contribution in [2.75, 3.05) is 11.6 Å². The second-order valence-corrected chi connectivity index (χ2v) is 6.28. The second kappa shape index (κ2) is 7.68. The van der Waals surface area contributed by atoms with Crippen molar-refractivity contribution < 1.29 is 19.5 Å². The lowest BCUT2D eigenvalue weighted by Crippen LogP contribution is -2.56. The molecular formula is C14H24N2O4S. The average Bonchev–Trinajstić information content (AvgIpc) is 2.94. The maximum atomic E-state index is 12.5. The van der Waals surface area contributed by atoms with Gasteiger partial charge in [-0.1, -0.05) is 20.8 Å². The van der Waals surface area contributed by atoms with Crippen molar-refractivity contribution in [2.24, 2.45) is 0 Å². The number of nitrogens with one attached hydrogen (secondary N) is 1. The van der Waals surface area contributed by atoms with Gasteiger partial charge in [-0.2, -0.15) is 0 Å². The van der Waals surface area contributed by atoms with Gasteiger partial charge in [0.2, 0.25) is 11.8 Å². The van der Waals surface area contributed by atoms with E-state index >= 15 is 0 Å². The largest absolute Gasteiger partial charge is 0.481 e. The molecule has 120 valence electrons. The molecule has 1 unspecified atom stereocenters. The van der Waals surface area contributed by atoms with E-state index in [-0.39, 0.29) is 18.2 Å². The molecule has 0 bridgehead atoms. The number of aliphatic carboxylic acids is 1. The van der Waals surface area contributed by atoms with Crippen LogP contribution in [0.2, 0.25) is 0 Å². The van der Waals surface area contributed by atoms with Gasteiger partial charge in [0.25, 0.3) is 0 Å². The summed E-state index contributed by atoms with van der Waals surface area (Å²) in [5.41, 5.74) is -0.739. The number of carbonyl (C=O) groups excluding carboxylic acids is 2. The van der Waals surface area contributed by atoms with Crippen LogP contribution in [0.25, 0.3) is 0 Å². The van der Waals surface area contributed by atoms with Crippen LogP contribution in [-0.2, 0) is 14.4 Å². The molecule has 0 aromatic carbocycles. The van der Waals surface area contributed by atoms with Crippen LogP contribution >= 0.6 is 11.8 Å². The highest BCUT2D eigenvalue weighted by Crippen LogP contribution is 2.25. The monoisotopic (exact) mass is 316 g/mol.